The SMILES string of the molecule is Cc1ccc(C(C)(C)Nc2ccc(-c3cc(C(N)=O)ccc3F)nn2)cc1. The average molecular weight is 364 g/mol. The van der Waals surface area contributed by atoms with Crippen molar-refractivity contribution >= 4 is 11.7 Å². The van der Waals surface area contributed by atoms with Gasteiger partial charge >= 0.3 is 0 Å². The zero-order valence-electron chi connectivity index (χ0n) is 15.5. The lowest BCUT2D eigenvalue weighted by Crippen LogP contribution is -2.28. The monoisotopic (exact) mass is 364 g/mol. The molecule has 0 radical (unpaired) electrons. The summed E-state index contributed by atoms with van der Waals surface area (Å²) in [6.07, 6.45) is 0. The molecular weight excluding hydrogens is 343 g/mol. The van der Waals surface area contributed by atoms with Crippen LogP contribution in [0.3, 0.4) is 0 Å². The van der Waals surface area contributed by atoms with Crippen LogP contribution in [0, 0.1) is 12.7 Å². The highest BCUT2D eigenvalue weighted by molar-refractivity contribution is 5.94. The molecule has 0 unspecified atom stereocenters. The number of hydrogen-bond acceptors (Lipinski definition) is 4. The van der Waals surface area contributed by atoms with Gasteiger partial charge in [0.25, 0.3) is 0 Å². The molecule has 5 nitrogen and oxygen atoms in total. The van der Waals surface area contributed by atoms with E-state index in [4.69, 9.17) is 5.73 Å². The number of amides is 1. The standard InChI is InChI=1S/C21H21FN4O/c1-13-4-7-15(8-5-13)21(2,3)24-19-11-10-18(25-26-19)16-12-14(20(23)27)6-9-17(16)22/h4-12H,1-3H3,(H2,23,27)(H,24,26). The van der Waals surface area contributed by atoms with E-state index in [1.807, 2.05) is 20.8 Å². The maximum absolute atomic E-state index is 14.1. The summed E-state index contributed by atoms with van der Waals surface area (Å²) in [5.41, 5.74) is 7.94. The molecule has 138 valence electrons. The van der Waals surface area contributed by atoms with E-state index in [0.29, 0.717) is 11.5 Å². The Morgan fingerprint density at radius 2 is 1.74 bits per heavy atom. The fourth-order valence-electron chi connectivity index (χ4n) is 2.78. The van der Waals surface area contributed by atoms with E-state index in [1.54, 1.807) is 12.1 Å². The number of halogens is 1. The van der Waals surface area contributed by atoms with Gasteiger partial charge in [-0.25, -0.2) is 4.39 Å². The number of nitrogens with two attached hydrogens (primary N) is 1. The Kier molecular flexibility index (Phi) is 4.90. The zero-order valence-corrected chi connectivity index (χ0v) is 15.5. The fraction of sp³-hybridized carbons (Fsp3) is 0.190. The number of carbonyl (C=O) groups excluding carboxylic acids is 1. The second-order valence-electron chi connectivity index (χ2n) is 6.98. The molecule has 0 saturated heterocycles. The van der Waals surface area contributed by atoms with E-state index in [0.717, 1.165) is 5.56 Å². The topological polar surface area (TPSA) is 80.9 Å². The second kappa shape index (κ2) is 7.15. The van der Waals surface area contributed by atoms with Crippen molar-refractivity contribution in [2.24, 2.45) is 5.73 Å². The molecule has 3 N–H and O–H groups in total. The number of nitrogens with zero attached hydrogens (tertiary/aromatic N) is 2. The molecule has 0 aliphatic rings. The van der Waals surface area contributed by atoms with E-state index in [1.165, 1.54) is 23.8 Å². The number of anilines is 1. The van der Waals surface area contributed by atoms with Crippen LogP contribution in [0.5, 0.6) is 0 Å². The van der Waals surface area contributed by atoms with Crippen LogP contribution in [0.2, 0.25) is 0 Å². The van der Waals surface area contributed by atoms with Crippen LogP contribution in [-0.4, -0.2) is 16.1 Å². The van der Waals surface area contributed by atoms with E-state index >= 15 is 0 Å². The van der Waals surface area contributed by atoms with Crippen molar-refractivity contribution < 1.29 is 9.18 Å². The van der Waals surface area contributed by atoms with E-state index < -0.39 is 11.7 Å². The summed E-state index contributed by atoms with van der Waals surface area (Å²) < 4.78 is 14.1. The molecule has 1 amide bonds. The average Bonchev–Trinajstić information content (AvgIpc) is 2.63. The van der Waals surface area contributed by atoms with Crippen LogP contribution >= 0.6 is 0 Å². The van der Waals surface area contributed by atoms with Gasteiger partial charge in [0.2, 0.25) is 5.91 Å². The number of aryl methyl sites for hydroxylation is 1. The summed E-state index contributed by atoms with van der Waals surface area (Å²) in [6.45, 7) is 6.13. The predicted octanol–water partition coefficient (Wildman–Crippen LogP) is 4.04. The zero-order chi connectivity index (χ0) is 19.6. The molecule has 0 spiro atoms. The third-order valence-corrected chi connectivity index (χ3v) is 4.41. The Morgan fingerprint density at radius 3 is 2.33 bits per heavy atom. The van der Waals surface area contributed by atoms with Crippen LogP contribution in [0.1, 0.15) is 35.3 Å². The number of rotatable bonds is 5. The number of benzene rings is 2. The number of carbonyl (C=O) groups is 1. The van der Waals surface area contributed by atoms with Crippen LogP contribution in [0.15, 0.2) is 54.6 Å². The van der Waals surface area contributed by atoms with Gasteiger partial charge in [-0.3, -0.25) is 4.79 Å². The van der Waals surface area contributed by atoms with Gasteiger partial charge in [0.1, 0.15) is 11.6 Å². The molecule has 0 bridgehead atoms. The third kappa shape index (κ3) is 4.11. The molecule has 0 aliphatic carbocycles. The smallest absolute Gasteiger partial charge is 0.248 e. The molecule has 0 aliphatic heterocycles. The Labute approximate surface area is 157 Å². The van der Waals surface area contributed by atoms with Gasteiger partial charge in [0.15, 0.2) is 0 Å². The summed E-state index contributed by atoms with van der Waals surface area (Å²) in [4.78, 5) is 11.3. The number of hydrogen-bond donors (Lipinski definition) is 2. The van der Waals surface area contributed by atoms with Crippen molar-refractivity contribution in [3.63, 3.8) is 0 Å². The van der Waals surface area contributed by atoms with Crippen LogP contribution < -0.4 is 11.1 Å². The highest BCUT2D eigenvalue weighted by atomic mass is 19.1. The first-order valence-electron chi connectivity index (χ1n) is 8.55. The lowest BCUT2D eigenvalue weighted by atomic mass is 9.93. The minimum Gasteiger partial charge on any atom is -0.366 e. The van der Waals surface area contributed by atoms with Crippen molar-refractivity contribution in [3.05, 3.63) is 77.1 Å². The first kappa shape index (κ1) is 18.5. The summed E-state index contributed by atoms with van der Waals surface area (Å²) in [6, 6.07) is 15.6. The first-order chi connectivity index (χ1) is 12.8. The summed E-state index contributed by atoms with van der Waals surface area (Å²) in [5, 5.41) is 11.6. The van der Waals surface area contributed by atoms with Crippen molar-refractivity contribution in [2.45, 2.75) is 26.3 Å². The van der Waals surface area contributed by atoms with Gasteiger partial charge in [-0.1, -0.05) is 29.8 Å². The first-order valence-corrected chi connectivity index (χ1v) is 8.55. The van der Waals surface area contributed by atoms with Gasteiger partial charge in [-0.2, -0.15) is 0 Å². The van der Waals surface area contributed by atoms with Crippen LogP contribution in [0.4, 0.5) is 10.2 Å². The van der Waals surface area contributed by atoms with Crippen molar-refractivity contribution in [1.82, 2.24) is 10.2 Å². The van der Waals surface area contributed by atoms with Crippen LogP contribution in [0.25, 0.3) is 11.3 Å². The predicted molar refractivity (Wildman–Crippen MR) is 104 cm³/mol. The van der Waals surface area contributed by atoms with Gasteiger partial charge in [0.05, 0.1) is 11.2 Å². The quantitative estimate of drug-likeness (QED) is 0.716. The number of primary amides is 1. The minimum absolute atomic E-state index is 0.183. The molecule has 27 heavy (non-hydrogen) atoms. The molecule has 2 aromatic carbocycles. The van der Waals surface area contributed by atoms with Gasteiger partial charge in [-0.05, 0) is 56.7 Å². The maximum Gasteiger partial charge on any atom is 0.248 e. The van der Waals surface area contributed by atoms with E-state index in [-0.39, 0.29) is 16.7 Å². The fourth-order valence-corrected chi connectivity index (χ4v) is 2.78. The maximum atomic E-state index is 14.1. The van der Waals surface area contributed by atoms with Gasteiger partial charge in [-0.15, -0.1) is 10.2 Å². The Balaban J connectivity index is 1.84. The molecule has 1 aromatic heterocycles. The van der Waals surface area contributed by atoms with Gasteiger partial charge in [0, 0.05) is 11.1 Å². The number of nitrogens with one attached hydrogen (secondary N) is 1. The lowest BCUT2D eigenvalue weighted by molar-refractivity contribution is 0.100. The molecule has 0 fully saturated rings. The van der Waals surface area contributed by atoms with Crippen molar-refractivity contribution in [2.75, 3.05) is 5.32 Å². The largest absolute Gasteiger partial charge is 0.366 e. The molecule has 0 saturated carbocycles. The molecule has 3 rings (SSSR count). The van der Waals surface area contributed by atoms with Crippen molar-refractivity contribution in [1.29, 1.82) is 0 Å². The Morgan fingerprint density at radius 1 is 1.04 bits per heavy atom. The van der Waals surface area contributed by atoms with E-state index in [9.17, 15) is 9.18 Å². The third-order valence-electron chi connectivity index (χ3n) is 4.41. The Bertz CT molecular complexity index is 966. The molecule has 0 atom stereocenters. The van der Waals surface area contributed by atoms with Crippen LogP contribution in [-0.2, 0) is 5.54 Å². The molecule has 1 heterocycles. The lowest BCUT2D eigenvalue weighted by Gasteiger charge is -2.27. The normalized spacial score (nSPS) is 11.3. The van der Waals surface area contributed by atoms with Crippen molar-refractivity contribution in [3.8, 4) is 11.3 Å². The van der Waals surface area contributed by atoms with Gasteiger partial charge < -0.3 is 11.1 Å². The highest BCUT2D eigenvalue weighted by Crippen LogP contribution is 2.26. The Hall–Kier alpha value is -3.28. The molecular formula is C21H21FN4O. The highest BCUT2D eigenvalue weighted by Gasteiger charge is 2.21. The molecule has 3 aromatic rings. The minimum atomic E-state index is -0.623. The summed E-state index contributed by atoms with van der Waals surface area (Å²) in [5.74, 6) is -0.548. The van der Waals surface area contributed by atoms with E-state index in [2.05, 4.69) is 39.8 Å². The number of aromatic nitrogens is 2. The summed E-state index contributed by atoms with van der Waals surface area (Å²) >= 11 is 0. The second-order valence-corrected chi connectivity index (χ2v) is 6.98. The summed E-state index contributed by atoms with van der Waals surface area (Å²) in [7, 11) is 0. The molecule has 6 heteroatoms.